The van der Waals surface area contributed by atoms with Crippen LogP contribution < -0.4 is 10.2 Å². The molecule has 2 aromatic rings. The minimum Gasteiger partial charge on any atom is -0.362 e. The van der Waals surface area contributed by atoms with Crippen LogP contribution in [0.1, 0.15) is 15.9 Å². The Bertz CT molecular complexity index is 807. The highest BCUT2D eigenvalue weighted by Crippen LogP contribution is 2.50. The first kappa shape index (κ1) is 13.0. The predicted octanol–water partition coefficient (Wildman–Crippen LogP) is 0.946. The number of hydrogen-bond donors (Lipinski definition) is 3. The number of para-hydroxylation sites is 1. The molecule has 2 aliphatic rings. The molecule has 2 aromatic carbocycles. The van der Waals surface area contributed by atoms with Crippen LogP contribution in [-0.4, -0.2) is 27.8 Å². The van der Waals surface area contributed by atoms with E-state index in [9.17, 15) is 19.8 Å². The minimum atomic E-state index is -2.40. The second-order valence-electron chi connectivity index (χ2n) is 5.36. The topological polar surface area (TPSA) is 89.9 Å². The van der Waals surface area contributed by atoms with Crippen LogP contribution in [0.25, 0.3) is 0 Å². The number of hydrogen-bond acceptors (Lipinski definition) is 4. The lowest BCUT2D eigenvalue weighted by Crippen LogP contribution is -2.59. The van der Waals surface area contributed by atoms with E-state index in [0.29, 0.717) is 5.69 Å². The molecule has 0 aromatic heterocycles. The number of nitrogens with one attached hydrogen (secondary N) is 1. The SMILES string of the molecule is O=C1N[C@@]2(O)C(=O)c3ccccc3[C@]2(O)N1c1ccccc1. The van der Waals surface area contributed by atoms with E-state index in [1.54, 1.807) is 42.5 Å². The largest absolute Gasteiger partial charge is 0.362 e. The van der Waals surface area contributed by atoms with Crippen molar-refractivity contribution in [1.29, 1.82) is 0 Å². The van der Waals surface area contributed by atoms with Gasteiger partial charge in [-0.15, -0.1) is 0 Å². The Hall–Kier alpha value is -2.70. The molecule has 1 heterocycles. The first-order chi connectivity index (χ1) is 10.5. The number of nitrogens with zero attached hydrogens (tertiary/aromatic N) is 1. The molecule has 1 aliphatic heterocycles. The number of rotatable bonds is 1. The van der Waals surface area contributed by atoms with E-state index < -0.39 is 23.3 Å². The fraction of sp³-hybridized carbons (Fsp3) is 0.125. The van der Waals surface area contributed by atoms with Crippen LogP contribution in [0, 0.1) is 0 Å². The molecule has 0 spiro atoms. The highest BCUT2D eigenvalue weighted by atomic mass is 16.4. The molecule has 0 radical (unpaired) electrons. The first-order valence-electron chi connectivity index (χ1n) is 6.76. The van der Waals surface area contributed by atoms with Crippen LogP contribution in [-0.2, 0) is 5.72 Å². The molecule has 0 unspecified atom stereocenters. The van der Waals surface area contributed by atoms with E-state index in [1.807, 2.05) is 0 Å². The van der Waals surface area contributed by atoms with E-state index >= 15 is 0 Å². The quantitative estimate of drug-likeness (QED) is 0.731. The van der Waals surface area contributed by atoms with Gasteiger partial charge in [0.25, 0.3) is 5.72 Å². The summed E-state index contributed by atoms with van der Waals surface area (Å²) in [7, 11) is 0. The van der Waals surface area contributed by atoms with Crippen molar-refractivity contribution in [2.24, 2.45) is 0 Å². The zero-order chi connectivity index (χ0) is 15.5. The highest BCUT2D eigenvalue weighted by molar-refractivity contribution is 6.15. The third-order valence-electron chi connectivity index (χ3n) is 4.21. The molecule has 0 bridgehead atoms. The normalized spacial score (nSPS) is 29.3. The molecular weight excluding hydrogens is 284 g/mol. The first-order valence-corrected chi connectivity index (χ1v) is 6.76. The lowest BCUT2D eigenvalue weighted by Gasteiger charge is -2.34. The Morgan fingerprint density at radius 2 is 1.55 bits per heavy atom. The average Bonchev–Trinajstić information content (AvgIpc) is 2.84. The number of benzene rings is 2. The molecule has 3 N–H and O–H groups in total. The number of amides is 2. The molecule has 2 amide bonds. The minimum absolute atomic E-state index is 0.188. The van der Waals surface area contributed by atoms with Gasteiger partial charge in [-0.2, -0.15) is 0 Å². The van der Waals surface area contributed by atoms with E-state index in [1.165, 1.54) is 12.1 Å². The van der Waals surface area contributed by atoms with Crippen molar-refractivity contribution >= 4 is 17.5 Å². The summed E-state index contributed by atoms with van der Waals surface area (Å²) >= 11 is 0. The van der Waals surface area contributed by atoms with Gasteiger partial charge in [0.05, 0.1) is 0 Å². The lowest BCUT2D eigenvalue weighted by atomic mass is 9.98. The standard InChI is InChI=1S/C16H12N2O4/c19-13-11-8-4-5-9-12(11)16(22)15(13,21)17-14(20)18(16)10-6-2-1-3-7-10/h1-9,21-22H,(H,17,20)/t15-,16-/m1/s1. The van der Waals surface area contributed by atoms with E-state index in [0.717, 1.165) is 4.90 Å². The summed E-state index contributed by atoms with van der Waals surface area (Å²) in [6.45, 7) is 0. The average molecular weight is 296 g/mol. The highest BCUT2D eigenvalue weighted by Gasteiger charge is 2.72. The van der Waals surface area contributed by atoms with Crippen LogP contribution in [0.2, 0.25) is 0 Å². The van der Waals surface area contributed by atoms with Crippen LogP contribution in [0.5, 0.6) is 0 Å². The van der Waals surface area contributed by atoms with Crippen LogP contribution in [0.15, 0.2) is 54.6 Å². The molecular formula is C16H12N2O4. The molecule has 110 valence electrons. The molecule has 1 aliphatic carbocycles. The smallest absolute Gasteiger partial charge is 0.327 e. The zero-order valence-electron chi connectivity index (χ0n) is 11.4. The summed E-state index contributed by atoms with van der Waals surface area (Å²) < 4.78 is 0. The van der Waals surface area contributed by atoms with Crippen molar-refractivity contribution in [3.63, 3.8) is 0 Å². The lowest BCUT2D eigenvalue weighted by molar-refractivity contribution is -0.109. The monoisotopic (exact) mass is 296 g/mol. The number of urea groups is 1. The van der Waals surface area contributed by atoms with Crippen LogP contribution in [0.4, 0.5) is 10.5 Å². The maximum atomic E-state index is 12.5. The van der Waals surface area contributed by atoms with Crippen molar-refractivity contribution in [1.82, 2.24) is 5.32 Å². The Morgan fingerprint density at radius 3 is 2.27 bits per heavy atom. The third-order valence-corrected chi connectivity index (χ3v) is 4.21. The summed E-state index contributed by atoms with van der Waals surface area (Å²) in [5, 5.41) is 24.1. The second kappa shape index (κ2) is 3.94. The van der Waals surface area contributed by atoms with E-state index in [4.69, 9.17) is 0 Å². The van der Waals surface area contributed by atoms with E-state index in [2.05, 4.69) is 5.32 Å². The van der Waals surface area contributed by atoms with Gasteiger partial charge in [0, 0.05) is 16.8 Å². The Labute approximate surface area is 125 Å². The Morgan fingerprint density at radius 1 is 0.909 bits per heavy atom. The van der Waals surface area contributed by atoms with Crippen molar-refractivity contribution < 1.29 is 19.8 Å². The van der Waals surface area contributed by atoms with Crippen molar-refractivity contribution in [2.45, 2.75) is 11.4 Å². The maximum Gasteiger partial charge on any atom is 0.327 e. The molecule has 4 rings (SSSR count). The zero-order valence-corrected chi connectivity index (χ0v) is 11.4. The maximum absolute atomic E-state index is 12.5. The summed E-state index contributed by atoms with van der Waals surface area (Å²) in [5.41, 5.74) is -3.82. The number of fused-ring (bicyclic) bond motifs is 3. The number of carbonyl (C=O) groups excluding carboxylic acids is 2. The molecule has 1 saturated heterocycles. The van der Waals surface area contributed by atoms with Crippen LogP contribution in [0.3, 0.4) is 0 Å². The summed E-state index contributed by atoms with van der Waals surface area (Å²) in [5.74, 6) is -0.725. The Balaban J connectivity index is 2.01. The van der Waals surface area contributed by atoms with Gasteiger partial charge < -0.3 is 10.2 Å². The fourth-order valence-electron chi connectivity index (χ4n) is 3.20. The molecule has 6 heteroatoms. The van der Waals surface area contributed by atoms with Gasteiger partial charge in [0.1, 0.15) is 0 Å². The number of aliphatic hydroxyl groups is 2. The number of Topliss-reactive ketones (excluding diaryl/α,β-unsaturated/α-hetero) is 1. The number of ketones is 1. The number of anilines is 1. The van der Waals surface area contributed by atoms with Gasteiger partial charge >= 0.3 is 6.03 Å². The molecule has 1 fully saturated rings. The molecule has 2 atom stereocenters. The van der Waals surface area contributed by atoms with Gasteiger partial charge in [0.15, 0.2) is 0 Å². The van der Waals surface area contributed by atoms with Gasteiger partial charge in [-0.25, -0.2) is 4.79 Å². The Kier molecular flexibility index (Phi) is 2.33. The number of carbonyl (C=O) groups is 2. The summed E-state index contributed by atoms with van der Waals surface area (Å²) in [4.78, 5) is 25.8. The van der Waals surface area contributed by atoms with Gasteiger partial charge in [0.2, 0.25) is 11.5 Å². The molecule has 6 nitrogen and oxygen atoms in total. The third kappa shape index (κ3) is 1.26. The van der Waals surface area contributed by atoms with Crippen molar-refractivity contribution in [3.8, 4) is 0 Å². The predicted molar refractivity (Wildman–Crippen MR) is 77.1 cm³/mol. The molecule has 22 heavy (non-hydrogen) atoms. The van der Waals surface area contributed by atoms with Crippen molar-refractivity contribution in [2.75, 3.05) is 4.90 Å². The van der Waals surface area contributed by atoms with Gasteiger partial charge in [-0.1, -0.05) is 42.5 Å². The van der Waals surface area contributed by atoms with Crippen molar-refractivity contribution in [3.05, 3.63) is 65.7 Å². The second-order valence-corrected chi connectivity index (χ2v) is 5.36. The van der Waals surface area contributed by atoms with E-state index in [-0.39, 0.29) is 11.1 Å². The van der Waals surface area contributed by atoms with Crippen LogP contribution >= 0.6 is 0 Å². The fourth-order valence-corrected chi connectivity index (χ4v) is 3.20. The molecule has 0 saturated carbocycles. The summed E-state index contributed by atoms with van der Waals surface area (Å²) in [6, 6.07) is 14.0. The summed E-state index contributed by atoms with van der Waals surface area (Å²) in [6.07, 6.45) is 0. The van der Waals surface area contributed by atoms with Gasteiger partial charge in [-0.05, 0) is 12.1 Å². The van der Waals surface area contributed by atoms with Gasteiger partial charge in [-0.3, -0.25) is 15.0 Å².